The van der Waals surface area contributed by atoms with E-state index >= 15 is 0 Å². The zero-order chi connectivity index (χ0) is 12.1. The number of aromatic nitrogens is 1. The van der Waals surface area contributed by atoms with Crippen molar-refractivity contribution in [1.29, 1.82) is 0 Å². The molecular formula is C12H18N2O2. The molecule has 1 aromatic rings. The number of pyridine rings is 1. The van der Waals surface area contributed by atoms with Gasteiger partial charge < -0.3 is 10.5 Å². The van der Waals surface area contributed by atoms with E-state index in [1.807, 2.05) is 13.8 Å². The first-order chi connectivity index (χ1) is 7.56. The van der Waals surface area contributed by atoms with Gasteiger partial charge in [-0.1, -0.05) is 13.8 Å². The average Bonchev–Trinajstić information content (AvgIpc) is 2.27. The van der Waals surface area contributed by atoms with E-state index in [1.54, 1.807) is 18.3 Å². The molecule has 1 rings (SSSR count). The molecule has 0 saturated carbocycles. The van der Waals surface area contributed by atoms with Crippen LogP contribution in [-0.2, 0) is 0 Å². The van der Waals surface area contributed by atoms with Crippen molar-refractivity contribution in [3.05, 3.63) is 24.0 Å². The molecule has 0 aliphatic carbocycles. The van der Waals surface area contributed by atoms with Gasteiger partial charge in [0.05, 0.1) is 13.2 Å². The molecule has 0 saturated heterocycles. The van der Waals surface area contributed by atoms with Crippen LogP contribution in [-0.4, -0.2) is 23.9 Å². The zero-order valence-corrected chi connectivity index (χ0v) is 9.93. The second-order valence-corrected chi connectivity index (χ2v) is 4.15. The van der Waals surface area contributed by atoms with E-state index in [-0.39, 0.29) is 5.78 Å². The maximum atomic E-state index is 12.0. The van der Waals surface area contributed by atoms with Crippen LogP contribution in [0.2, 0.25) is 0 Å². The second-order valence-electron chi connectivity index (χ2n) is 4.15. The molecule has 4 heteroatoms. The molecule has 16 heavy (non-hydrogen) atoms. The lowest BCUT2D eigenvalue weighted by molar-refractivity contribution is 0.0943. The summed E-state index contributed by atoms with van der Waals surface area (Å²) in [5.41, 5.74) is 6.15. The van der Waals surface area contributed by atoms with Gasteiger partial charge in [0.2, 0.25) is 5.78 Å². The predicted octanol–water partition coefficient (Wildman–Crippen LogP) is 1.65. The van der Waals surface area contributed by atoms with E-state index in [0.717, 1.165) is 0 Å². The number of hydrogen-bond acceptors (Lipinski definition) is 4. The fraction of sp³-hybridized carbons (Fsp3) is 0.500. The molecular weight excluding hydrogens is 204 g/mol. The first kappa shape index (κ1) is 12.6. The van der Waals surface area contributed by atoms with Crippen LogP contribution in [0.5, 0.6) is 5.75 Å². The molecule has 0 spiro atoms. The van der Waals surface area contributed by atoms with Crippen molar-refractivity contribution < 1.29 is 9.53 Å². The Morgan fingerprint density at radius 3 is 2.81 bits per heavy atom. The largest absolute Gasteiger partial charge is 0.494 e. The molecule has 0 fully saturated rings. The van der Waals surface area contributed by atoms with Crippen molar-refractivity contribution in [2.45, 2.75) is 26.3 Å². The summed E-state index contributed by atoms with van der Waals surface area (Å²) in [5, 5.41) is 0. The van der Waals surface area contributed by atoms with E-state index in [9.17, 15) is 4.79 Å². The highest BCUT2D eigenvalue weighted by Crippen LogP contribution is 2.17. The molecule has 0 amide bonds. The molecule has 88 valence electrons. The molecule has 0 aliphatic heterocycles. The number of carbonyl (C=O) groups is 1. The Kier molecular flexibility index (Phi) is 4.43. The molecule has 1 heterocycles. The van der Waals surface area contributed by atoms with E-state index in [0.29, 0.717) is 23.8 Å². The fourth-order valence-electron chi connectivity index (χ4n) is 1.53. The molecule has 1 aromatic heterocycles. The van der Waals surface area contributed by atoms with Crippen LogP contribution in [0.4, 0.5) is 0 Å². The van der Waals surface area contributed by atoms with Gasteiger partial charge >= 0.3 is 0 Å². The minimum Gasteiger partial charge on any atom is -0.494 e. The molecule has 0 aliphatic rings. The van der Waals surface area contributed by atoms with Crippen LogP contribution in [0.3, 0.4) is 0 Å². The van der Waals surface area contributed by atoms with Gasteiger partial charge in [0, 0.05) is 6.20 Å². The van der Waals surface area contributed by atoms with Crippen molar-refractivity contribution in [1.82, 2.24) is 4.98 Å². The van der Waals surface area contributed by atoms with Crippen LogP contribution >= 0.6 is 0 Å². The summed E-state index contributed by atoms with van der Waals surface area (Å²) in [5.74, 6) is 0.700. The van der Waals surface area contributed by atoms with E-state index in [4.69, 9.17) is 10.5 Å². The highest BCUT2D eigenvalue weighted by atomic mass is 16.5. The first-order valence-corrected chi connectivity index (χ1v) is 5.35. The predicted molar refractivity (Wildman–Crippen MR) is 62.5 cm³/mol. The van der Waals surface area contributed by atoms with Crippen molar-refractivity contribution in [3.63, 3.8) is 0 Å². The summed E-state index contributed by atoms with van der Waals surface area (Å²) in [6.45, 7) is 4.06. The molecule has 4 nitrogen and oxygen atoms in total. The van der Waals surface area contributed by atoms with Gasteiger partial charge in [0.25, 0.3) is 0 Å². The fourth-order valence-corrected chi connectivity index (χ4v) is 1.53. The smallest absolute Gasteiger partial charge is 0.201 e. The monoisotopic (exact) mass is 222 g/mol. The SMILES string of the molecule is COc1cccnc1C(=O)C(N)CC(C)C. The van der Waals surface area contributed by atoms with Gasteiger partial charge in [-0.05, 0) is 24.5 Å². The standard InChI is InChI=1S/C12H18N2O2/c1-8(2)7-9(13)12(15)11-10(16-3)5-4-6-14-11/h4-6,8-9H,7,13H2,1-3H3. The Hall–Kier alpha value is -1.42. The first-order valence-electron chi connectivity index (χ1n) is 5.35. The summed E-state index contributed by atoms with van der Waals surface area (Å²) in [6, 6.07) is 2.93. The highest BCUT2D eigenvalue weighted by Gasteiger charge is 2.21. The Morgan fingerprint density at radius 1 is 1.56 bits per heavy atom. The summed E-state index contributed by atoms with van der Waals surface area (Å²) in [6.07, 6.45) is 2.22. The van der Waals surface area contributed by atoms with Gasteiger partial charge in [-0.3, -0.25) is 4.79 Å². The number of nitrogens with zero attached hydrogens (tertiary/aromatic N) is 1. The minimum atomic E-state index is -0.510. The minimum absolute atomic E-state index is 0.161. The Bertz CT molecular complexity index is 364. The second kappa shape index (κ2) is 5.61. The molecule has 0 bridgehead atoms. The van der Waals surface area contributed by atoms with Crippen LogP contribution < -0.4 is 10.5 Å². The summed E-state index contributed by atoms with van der Waals surface area (Å²) in [4.78, 5) is 16.0. The Morgan fingerprint density at radius 2 is 2.25 bits per heavy atom. The highest BCUT2D eigenvalue weighted by molar-refractivity contribution is 6.00. The normalized spacial score (nSPS) is 12.6. The summed E-state index contributed by atoms with van der Waals surface area (Å²) in [7, 11) is 1.52. The van der Waals surface area contributed by atoms with Crippen LogP contribution in [0.25, 0.3) is 0 Å². The van der Waals surface area contributed by atoms with E-state index in [1.165, 1.54) is 7.11 Å². The van der Waals surface area contributed by atoms with Crippen molar-refractivity contribution >= 4 is 5.78 Å². The third-order valence-corrected chi connectivity index (χ3v) is 2.29. The number of Topliss-reactive ketones (excluding diaryl/α,β-unsaturated/α-hetero) is 1. The Labute approximate surface area is 95.8 Å². The van der Waals surface area contributed by atoms with Gasteiger partial charge in [-0.2, -0.15) is 0 Å². The van der Waals surface area contributed by atoms with Crippen LogP contribution in [0.15, 0.2) is 18.3 Å². The van der Waals surface area contributed by atoms with Gasteiger partial charge in [-0.15, -0.1) is 0 Å². The summed E-state index contributed by atoms with van der Waals surface area (Å²) >= 11 is 0. The Balaban J connectivity index is 2.87. The van der Waals surface area contributed by atoms with E-state index in [2.05, 4.69) is 4.98 Å². The quantitative estimate of drug-likeness (QED) is 0.769. The third kappa shape index (κ3) is 3.03. The van der Waals surface area contributed by atoms with Crippen LogP contribution in [0.1, 0.15) is 30.8 Å². The number of carbonyl (C=O) groups excluding carboxylic acids is 1. The van der Waals surface area contributed by atoms with Crippen molar-refractivity contribution in [2.75, 3.05) is 7.11 Å². The number of rotatable bonds is 5. The third-order valence-electron chi connectivity index (χ3n) is 2.29. The van der Waals surface area contributed by atoms with Gasteiger partial charge in [-0.25, -0.2) is 4.98 Å². The average molecular weight is 222 g/mol. The number of nitrogens with two attached hydrogens (primary N) is 1. The van der Waals surface area contributed by atoms with Crippen molar-refractivity contribution in [2.24, 2.45) is 11.7 Å². The molecule has 2 N–H and O–H groups in total. The lowest BCUT2D eigenvalue weighted by Crippen LogP contribution is -2.32. The van der Waals surface area contributed by atoms with Gasteiger partial charge in [0.15, 0.2) is 0 Å². The number of ketones is 1. The molecule has 0 radical (unpaired) electrons. The topological polar surface area (TPSA) is 65.2 Å². The maximum Gasteiger partial charge on any atom is 0.201 e. The lowest BCUT2D eigenvalue weighted by atomic mass is 9.99. The number of hydrogen-bond donors (Lipinski definition) is 1. The molecule has 0 aromatic carbocycles. The van der Waals surface area contributed by atoms with Crippen LogP contribution in [0, 0.1) is 5.92 Å². The molecule has 1 unspecified atom stereocenters. The maximum absolute atomic E-state index is 12.0. The summed E-state index contributed by atoms with van der Waals surface area (Å²) < 4.78 is 5.08. The zero-order valence-electron chi connectivity index (χ0n) is 9.93. The van der Waals surface area contributed by atoms with E-state index < -0.39 is 6.04 Å². The van der Waals surface area contributed by atoms with Gasteiger partial charge in [0.1, 0.15) is 11.4 Å². The lowest BCUT2D eigenvalue weighted by Gasteiger charge is -2.13. The van der Waals surface area contributed by atoms with Crippen molar-refractivity contribution in [3.8, 4) is 5.75 Å². The molecule has 1 atom stereocenters. The number of methoxy groups -OCH3 is 1. The number of ether oxygens (including phenoxy) is 1.